The van der Waals surface area contributed by atoms with E-state index in [1.54, 1.807) is 19.0 Å². The summed E-state index contributed by atoms with van der Waals surface area (Å²) in [6, 6.07) is 11.9. The number of benzene rings is 1. The van der Waals surface area contributed by atoms with Crippen LogP contribution in [0.5, 0.6) is 0 Å². The zero-order valence-electron chi connectivity index (χ0n) is 11.8. The quantitative estimate of drug-likeness (QED) is 0.640. The molecule has 0 unspecified atom stereocenters. The van der Waals surface area contributed by atoms with E-state index in [-0.39, 0.29) is 5.91 Å². The lowest BCUT2D eigenvalue weighted by Crippen LogP contribution is -2.23. The van der Waals surface area contributed by atoms with Crippen LogP contribution in [0.2, 0.25) is 0 Å². The number of thioether (sulfide) groups is 1. The highest BCUT2D eigenvalue weighted by molar-refractivity contribution is 7.99. The molecular weight excluding hydrogens is 270 g/mol. The Kier molecular flexibility index (Phi) is 4.74. The fourth-order valence-corrected chi connectivity index (χ4v) is 2.50. The molecule has 0 N–H and O–H groups in total. The Morgan fingerprint density at radius 1 is 1.20 bits per heavy atom. The van der Waals surface area contributed by atoms with Gasteiger partial charge in [0.15, 0.2) is 5.16 Å². The Morgan fingerprint density at radius 2 is 1.90 bits per heavy atom. The maximum Gasteiger partial charge on any atom is 0.232 e. The van der Waals surface area contributed by atoms with Gasteiger partial charge in [0.25, 0.3) is 0 Å². The number of amides is 1. The van der Waals surface area contributed by atoms with Crippen molar-refractivity contribution in [3.8, 4) is 11.3 Å². The monoisotopic (exact) mass is 287 g/mol. The number of rotatable bonds is 4. The summed E-state index contributed by atoms with van der Waals surface area (Å²) in [5.74, 6) is 0.409. The second-order valence-electron chi connectivity index (χ2n) is 4.62. The molecule has 104 valence electrons. The van der Waals surface area contributed by atoms with Crippen LogP contribution in [0.3, 0.4) is 0 Å². The molecule has 0 spiro atoms. The normalized spacial score (nSPS) is 10.3. The van der Waals surface area contributed by atoms with Gasteiger partial charge in [-0.2, -0.15) is 0 Å². The Labute approximate surface area is 123 Å². The number of carbonyl (C=O) groups excluding carboxylic acids is 1. The molecule has 2 aromatic rings. The Morgan fingerprint density at radius 3 is 2.55 bits per heavy atom. The van der Waals surface area contributed by atoms with Crippen molar-refractivity contribution in [2.24, 2.45) is 0 Å². The maximum absolute atomic E-state index is 11.6. The third-order valence-corrected chi connectivity index (χ3v) is 3.56. The van der Waals surface area contributed by atoms with Gasteiger partial charge in [0.05, 0.1) is 11.4 Å². The van der Waals surface area contributed by atoms with E-state index in [4.69, 9.17) is 0 Å². The van der Waals surface area contributed by atoms with Gasteiger partial charge in [0.1, 0.15) is 0 Å². The summed E-state index contributed by atoms with van der Waals surface area (Å²) in [6.45, 7) is 1.94. The molecule has 0 aliphatic carbocycles. The summed E-state index contributed by atoms with van der Waals surface area (Å²) in [7, 11) is 3.49. The molecular formula is C15H17N3OS. The molecule has 1 aromatic heterocycles. The largest absolute Gasteiger partial charge is 0.348 e. The molecule has 0 fully saturated rings. The van der Waals surface area contributed by atoms with Crippen LogP contribution in [0, 0.1) is 6.92 Å². The minimum absolute atomic E-state index is 0.0568. The summed E-state index contributed by atoms with van der Waals surface area (Å²) in [5, 5.41) is 0.638. The van der Waals surface area contributed by atoms with Gasteiger partial charge in [0, 0.05) is 25.4 Å². The number of hydrogen-bond donors (Lipinski definition) is 0. The third-order valence-electron chi connectivity index (χ3n) is 2.73. The molecule has 0 bridgehead atoms. The zero-order chi connectivity index (χ0) is 14.5. The molecule has 5 heteroatoms. The number of carbonyl (C=O) groups is 1. The van der Waals surface area contributed by atoms with Gasteiger partial charge < -0.3 is 4.90 Å². The van der Waals surface area contributed by atoms with Gasteiger partial charge in [-0.1, -0.05) is 42.1 Å². The predicted octanol–water partition coefficient (Wildman–Crippen LogP) is 2.63. The van der Waals surface area contributed by atoms with Gasteiger partial charge in [0.2, 0.25) is 5.91 Å². The molecule has 0 aliphatic heterocycles. The summed E-state index contributed by atoms with van der Waals surface area (Å²) in [5.41, 5.74) is 2.84. The van der Waals surface area contributed by atoms with Crippen LogP contribution in [0.1, 0.15) is 5.69 Å². The fraction of sp³-hybridized carbons (Fsp3) is 0.267. The van der Waals surface area contributed by atoms with Gasteiger partial charge in [-0.3, -0.25) is 4.79 Å². The van der Waals surface area contributed by atoms with Crippen molar-refractivity contribution < 1.29 is 4.79 Å². The zero-order valence-corrected chi connectivity index (χ0v) is 12.6. The van der Waals surface area contributed by atoms with Gasteiger partial charge >= 0.3 is 0 Å². The number of aryl methyl sites for hydroxylation is 1. The third kappa shape index (κ3) is 3.81. The van der Waals surface area contributed by atoms with Crippen LogP contribution >= 0.6 is 11.8 Å². The standard InChI is InChI=1S/C15H17N3OS/c1-11-9-13(12-7-5-4-6-8-12)17-15(16-11)20-10-14(19)18(2)3/h4-9H,10H2,1-3H3. The van der Waals surface area contributed by atoms with E-state index in [9.17, 15) is 4.79 Å². The van der Waals surface area contributed by atoms with Gasteiger partial charge in [-0.25, -0.2) is 9.97 Å². The molecule has 0 radical (unpaired) electrons. The Hall–Kier alpha value is -1.88. The molecule has 2 rings (SSSR count). The highest BCUT2D eigenvalue weighted by Crippen LogP contribution is 2.21. The van der Waals surface area contributed by atoms with Crippen LogP contribution in [0.4, 0.5) is 0 Å². The van der Waals surface area contributed by atoms with E-state index in [2.05, 4.69) is 9.97 Å². The van der Waals surface area contributed by atoms with Crippen molar-refractivity contribution in [1.29, 1.82) is 0 Å². The van der Waals surface area contributed by atoms with E-state index >= 15 is 0 Å². The predicted molar refractivity (Wildman–Crippen MR) is 81.6 cm³/mol. The van der Waals surface area contributed by atoms with Crippen LogP contribution in [0.25, 0.3) is 11.3 Å². The van der Waals surface area contributed by atoms with E-state index in [1.807, 2.05) is 43.3 Å². The summed E-state index contributed by atoms with van der Waals surface area (Å²) in [4.78, 5) is 22.1. The number of nitrogens with zero attached hydrogens (tertiary/aromatic N) is 3. The fourth-order valence-electron chi connectivity index (χ4n) is 1.62. The average molecular weight is 287 g/mol. The highest BCUT2D eigenvalue weighted by atomic mass is 32.2. The van der Waals surface area contributed by atoms with Crippen LogP contribution in [-0.2, 0) is 4.79 Å². The smallest absolute Gasteiger partial charge is 0.232 e. The topological polar surface area (TPSA) is 46.1 Å². The van der Waals surface area contributed by atoms with Crippen molar-refractivity contribution in [3.05, 3.63) is 42.1 Å². The van der Waals surface area contributed by atoms with Gasteiger partial charge in [-0.15, -0.1) is 0 Å². The molecule has 0 atom stereocenters. The molecule has 0 aliphatic rings. The first kappa shape index (κ1) is 14.5. The van der Waals surface area contributed by atoms with Crippen LogP contribution < -0.4 is 0 Å². The van der Waals surface area contributed by atoms with Crippen molar-refractivity contribution in [3.63, 3.8) is 0 Å². The molecule has 4 nitrogen and oxygen atoms in total. The first-order valence-corrected chi connectivity index (χ1v) is 7.29. The molecule has 1 heterocycles. The maximum atomic E-state index is 11.6. The van der Waals surface area contributed by atoms with Crippen LogP contribution in [0.15, 0.2) is 41.6 Å². The molecule has 0 saturated carbocycles. The lowest BCUT2D eigenvalue weighted by molar-refractivity contribution is -0.125. The van der Waals surface area contributed by atoms with Gasteiger partial charge in [-0.05, 0) is 13.0 Å². The van der Waals surface area contributed by atoms with Crippen molar-refractivity contribution in [1.82, 2.24) is 14.9 Å². The minimum Gasteiger partial charge on any atom is -0.348 e. The lowest BCUT2D eigenvalue weighted by atomic mass is 10.1. The Bertz CT molecular complexity index is 599. The summed E-state index contributed by atoms with van der Waals surface area (Å²) < 4.78 is 0. The SMILES string of the molecule is Cc1cc(-c2ccccc2)nc(SCC(=O)N(C)C)n1. The van der Waals surface area contributed by atoms with Crippen molar-refractivity contribution in [2.75, 3.05) is 19.8 Å². The second-order valence-corrected chi connectivity index (χ2v) is 5.56. The number of aromatic nitrogens is 2. The number of hydrogen-bond acceptors (Lipinski definition) is 4. The molecule has 1 amide bonds. The van der Waals surface area contributed by atoms with E-state index in [0.29, 0.717) is 10.9 Å². The first-order valence-electron chi connectivity index (χ1n) is 6.30. The van der Waals surface area contributed by atoms with E-state index in [0.717, 1.165) is 17.0 Å². The molecule has 1 aromatic carbocycles. The summed E-state index contributed by atoms with van der Waals surface area (Å²) in [6.07, 6.45) is 0. The first-order chi connectivity index (χ1) is 9.56. The summed E-state index contributed by atoms with van der Waals surface area (Å²) >= 11 is 1.37. The second kappa shape index (κ2) is 6.52. The van der Waals surface area contributed by atoms with Crippen LogP contribution in [-0.4, -0.2) is 40.6 Å². The molecule has 20 heavy (non-hydrogen) atoms. The van der Waals surface area contributed by atoms with E-state index < -0.39 is 0 Å². The lowest BCUT2D eigenvalue weighted by Gasteiger charge is -2.10. The van der Waals surface area contributed by atoms with E-state index in [1.165, 1.54) is 11.8 Å². The highest BCUT2D eigenvalue weighted by Gasteiger charge is 2.09. The van der Waals surface area contributed by atoms with Crippen molar-refractivity contribution in [2.45, 2.75) is 12.1 Å². The minimum atomic E-state index is 0.0568. The Balaban J connectivity index is 2.19. The molecule has 0 saturated heterocycles. The van der Waals surface area contributed by atoms with Crippen molar-refractivity contribution >= 4 is 17.7 Å². The average Bonchev–Trinajstić information content (AvgIpc) is 2.45.